The van der Waals surface area contributed by atoms with Crippen molar-refractivity contribution in [1.82, 2.24) is 5.32 Å². The number of carbonyl (C=O) groups is 1. The molecule has 3 heteroatoms. The average Bonchev–Trinajstić information content (AvgIpc) is 3.13. The summed E-state index contributed by atoms with van der Waals surface area (Å²) < 4.78 is 5.13. The van der Waals surface area contributed by atoms with E-state index in [4.69, 9.17) is 4.74 Å². The van der Waals surface area contributed by atoms with Crippen molar-refractivity contribution in [2.24, 2.45) is 11.8 Å². The number of unbranched alkanes of at least 4 members (excludes halogenated alkanes) is 1. The van der Waals surface area contributed by atoms with Gasteiger partial charge in [-0.2, -0.15) is 0 Å². The van der Waals surface area contributed by atoms with Crippen LogP contribution in [0.15, 0.2) is 0 Å². The Labute approximate surface area is 97.9 Å². The summed E-state index contributed by atoms with van der Waals surface area (Å²) >= 11 is 0. The Morgan fingerprint density at radius 3 is 2.44 bits per heavy atom. The zero-order valence-corrected chi connectivity index (χ0v) is 10.2. The zero-order chi connectivity index (χ0) is 11.4. The van der Waals surface area contributed by atoms with Crippen LogP contribution in [-0.2, 0) is 9.53 Å². The Morgan fingerprint density at radius 1 is 1.31 bits per heavy atom. The van der Waals surface area contributed by atoms with Crippen LogP contribution in [0, 0.1) is 11.8 Å². The summed E-state index contributed by atoms with van der Waals surface area (Å²) in [6.07, 6.45) is 7.43. The second-order valence-electron chi connectivity index (χ2n) is 5.16. The molecule has 0 aromatic rings. The van der Waals surface area contributed by atoms with Crippen LogP contribution in [0.3, 0.4) is 0 Å². The molecule has 3 nitrogen and oxygen atoms in total. The summed E-state index contributed by atoms with van der Waals surface area (Å²) in [7, 11) is 0. The van der Waals surface area contributed by atoms with Crippen LogP contribution in [0.5, 0.6) is 0 Å². The van der Waals surface area contributed by atoms with Crippen molar-refractivity contribution >= 4 is 5.97 Å². The smallest absolute Gasteiger partial charge is 0.319 e. The molecule has 92 valence electrons. The molecule has 2 aliphatic carbocycles. The molecule has 0 aromatic carbocycles. The molecule has 16 heavy (non-hydrogen) atoms. The van der Waals surface area contributed by atoms with Crippen molar-refractivity contribution in [2.75, 3.05) is 13.2 Å². The van der Waals surface area contributed by atoms with E-state index in [0.717, 1.165) is 24.7 Å². The van der Waals surface area contributed by atoms with E-state index in [1.165, 1.54) is 25.7 Å². The van der Waals surface area contributed by atoms with Crippen molar-refractivity contribution in [3.8, 4) is 0 Å². The van der Waals surface area contributed by atoms with Gasteiger partial charge in [-0.05, 0) is 43.9 Å². The Morgan fingerprint density at radius 2 is 1.94 bits per heavy atom. The van der Waals surface area contributed by atoms with Gasteiger partial charge in [-0.1, -0.05) is 13.3 Å². The lowest BCUT2D eigenvalue weighted by Crippen LogP contribution is -2.37. The van der Waals surface area contributed by atoms with Crippen molar-refractivity contribution in [1.29, 1.82) is 0 Å². The number of hydrogen-bond donors (Lipinski definition) is 1. The molecule has 2 rings (SSSR count). The third-order valence-electron chi connectivity index (χ3n) is 3.50. The molecule has 0 unspecified atom stereocenters. The van der Waals surface area contributed by atoms with E-state index in [2.05, 4.69) is 12.2 Å². The molecule has 0 atom stereocenters. The standard InChI is InChI=1S/C13H23NO2/c1-2-3-8-16-12(15)9-14-13(10-4-5-10)11-6-7-11/h10-11,13-14H,2-9H2,1H3. The minimum absolute atomic E-state index is 0.0836. The first-order valence-electron chi connectivity index (χ1n) is 6.70. The van der Waals surface area contributed by atoms with Gasteiger partial charge in [0.25, 0.3) is 0 Å². The van der Waals surface area contributed by atoms with Gasteiger partial charge in [0.15, 0.2) is 0 Å². The van der Waals surface area contributed by atoms with Crippen LogP contribution in [0.4, 0.5) is 0 Å². The number of carbonyl (C=O) groups excluding carboxylic acids is 1. The van der Waals surface area contributed by atoms with E-state index in [1.807, 2.05) is 0 Å². The molecule has 1 N–H and O–H groups in total. The predicted molar refractivity (Wildman–Crippen MR) is 63.1 cm³/mol. The van der Waals surface area contributed by atoms with Crippen LogP contribution in [0.25, 0.3) is 0 Å². The second kappa shape index (κ2) is 5.67. The van der Waals surface area contributed by atoms with Gasteiger partial charge in [0.1, 0.15) is 0 Å². The number of rotatable bonds is 8. The molecule has 0 aliphatic heterocycles. The molecule has 0 saturated heterocycles. The third-order valence-corrected chi connectivity index (χ3v) is 3.50. The second-order valence-corrected chi connectivity index (χ2v) is 5.16. The number of nitrogens with one attached hydrogen (secondary N) is 1. The first-order valence-corrected chi connectivity index (χ1v) is 6.70. The Kier molecular flexibility index (Phi) is 4.22. The van der Waals surface area contributed by atoms with E-state index in [1.54, 1.807) is 0 Å². The minimum Gasteiger partial charge on any atom is -0.465 e. The maximum absolute atomic E-state index is 11.4. The normalized spacial score (nSPS) is 20.1. The average molecular weight is 225 g/mol. The molecule has 0 bridgehead atoms. The summed E-state index contributed by atoms with van der Waals surface area (Å²) in [5.41, 5.74) is 0. The highest BCUT2D eigenvalue weighted by atomic mass is 16.5. The lowest BCUT2D eigenvalue weighted by atomic mass is 10.1. The number of esters is 1. The van der Waals surface area contributed by atoms with Crippen LogP contribution in [-0.4, -0.2) is 25.2 Å². The van der Waals surface area contributed by atoms with Gasteiger partial charge >= 0.3 is 5.97 Å². The first kappa shape index (κ1) is 11.9. The van der Waals surface area contributed by atoms with Crippen LogP contribution < -0.4 is 5.32 Å². The highest BCUT2D eigenvalue weighted by Crippen LogP contribution is 2.44. The highest BCUT2D eigenvalue weighted by molar-refractivity contribution is 5.71. The molecular formula is C13H23NO2. The van der Waals surface area contributed by atoms with Crippen molar-refractivity contribution in [3.05, 3.63) is 0 Å². The van der Waals surface area contributed by atoms with Gasteiger partial charge in [-0.15, -0.1) is 0 Å². The van der Waals surface area contributed by atoms with Crippen LogP contribution in [0.1, 0.15) is 45.4 Å². The van der Waals surface area contributed by atoms with Gasteiger partial charge in [0.2, 0.25) is 0 Å². The molecule has 2 saturated carbocycles. The van der Waals surface area contributed by atoms with E-state index in [0.29, 0.717) is 19.2 Å². The lowest BCUT2D eigenvalue weighted by Gasteiger charge is -2.16. The summed E-state index contributed by atoms with van der Waals surface area (Å²) in [6.45, 7) is 3.08. The van der Waals surface area contributed by atoms with E-state index in [-0.39, 0.29) is 5.97 Å². The molecular weight excluding hydrogens is 202 g/mol. The van der Waals surface area contributed by atoms with Crippen molar-refractivity contribution < 1.29 is 9.53 Å². The van der Waals surface area contributed by atoms with E-state index < -0.39 is 0 Å². The Balaban J connectivity index is 1.59. The van der Waals surface area contributed by atoms with Gasteiger partial charge in [-0.25, -0.2) is 0 Å². The molecule has 2 aliphatic rings. The predicted octanol–water partition coefficient (Wildman–Crippen LogP) is 2.11. The summed E-state index contributed by atoms with van der Waals surface area (Å²) in [5.74, 6) is 1.60. The lowest BCUT2D eigenvalue weighted by molar-refractivity contribution is -0.142. The Bertz CT molecular complexity index is 222. The molecule has 0 heterocycles. The fourth-order valence-electron chi connectivity index (χ4n) is 2.21. The van der Waals surface area contributed by atoms with Crippen molar-refractivity contribution in [2.45, 2.75) is 51.5 Å². The van der Waals surface area contributed by atoms with E-state index >= 15 is 0 Å². The van der Waals surface area contributed by atoms with Crippen LogP contribution >= 0.6 is 0 Å². The fraction of sp³-hybridized carbons (Fsp3) is 0.923. The Hall–Kier alpha value is -0.570. The van der Waals surface area contributed by atoms with Gasteiger partial charge in [-0.3, -0.25) is 4.79 Å². The third kappa shape index (κ3) is 3.78. The molecule has 0 spiro atoms. The maximum atomic E-state index is 11.4. The molecule has 2 fully saturated rings. The SMILES string of the molecule is CCCCOC(=O)CNC(C1CC1)C1CC1. The molecule has 0 amide bonds. The topological polar surface area (TPSA) is 38.3 Å². The quantitative estimate of drug-likeness (QED) is 0.508. The largest absolute Gasteiger partial charge is 0.465 e. The number of ether oxygens (including phenoxy) is 1. The fourth-order valence-corrected chi connectivity index (χ4v) is 2.21. The first-order chi connectivity index (χ1) is 7.81. The molecule has 0 aromatic heterocycles. The molecule has 0 radical (unpaired) electrons. The van der Waals surface area contributed by atoms with E-state index in [9.17, 15) is 4.79 Å². The maximum Gasteiger partial charge on any atom is 0.319 e. The number of hydrogen-bond acceptors (Lipinski definition) is 3. The summed E-state index contributed by atoms with van der Waals surface area (Å²) in [6, 6.07) is 0.596. The van der Waals surface area contributed by atoms with Crippen LogP contribution in [0.2, 0.25) is 0 Å². The summed E-state index contributed by atoms with van der Waals surface area (Å²) in [4.78, 5) is 11.4. The van der Waals surface area contributed by atoms with Gasteiger partial charge < -0.3 is 10.1 Å². The minimum atomic E-state index is -0.0836. The zero-order valence-electron chi connectivity index (χ0n) is 10.2. The van der Waals surface area contributed by atoms with Crippen molar-refractivity contribution in [3.63, 3.8) is 0 Å². The van der Waals surface area contributed by atoms with Gasteiger partial charge in [0.05, 0.1) is 13.2 Å². The monoisotopic (exact) mass is 225 g/mol. The summed E-state index contributed by atoms with van der Waals surface area (Å²) in [5, 5.41) is 3.40. The van der Waals surface area contributed by atoms with Gasteiger partial charge in [0, 0.05) is 6.04 Å². The highest BCUT2D eigenvalue weighted by Gasteiger charge is 2.41.